The maximum absolute atomic E-state index is 12.8. The summed E-state index contributed by atoms with van der Waals surface area (Å²) in [5.41, 5.74) is 4.37. The van der Waals surface area contributed by atoms with Crippen LogP contribution in [0.5, 0.6) is 0 Å². The van der Waals surface area contributed by atoms with Gasteiger partial charge in [0.2, 0.25) is 5.89 Å². The van der Waals surface area contributed by atoms with Crippen molar-refractivity contribution in [3.8, 4) is 0 Å². The molecule has 1 unspecified atom stereocenters. The lowest BCUT2D eigenvalue weighted by Crippen LogP contribution is -2.42. The Hall–Kier alpha value is -2.36. The van der Waals surface area contributed by atoms with Crippen molar-refractivity contribution in [2.24, 2.45) is 14.1 Å². The first kappa shape index (κ1) is 19.4. The first-order valence-electron chi connectivity index (χ1n) is 8.91. The molecule has 1 atom stereocenters. The van der Waals surface area contributed by atoms with Gasteiger partial charge in [0.25, 0.3) is 10.8 Å². The van der Waals surface area contributed by atoms with Gasteiger partial charge in [-0.3, -0.25) is 18.7 Å². The number of carbonyl (C=O) groups is 1. The monoisotopic (exact) mass is 393 g/mol. The zero-order chi connectivity index (χ0) is 19.7. The summed E-state index contributed by atoms with van der Waals surface area (Å²) in [5, 5.41) is 7.76. The van der Waals surface area contributed by atoms with Gasteiger partial charge in [-0.25, -0.2) is 4.79 Å². The highest BCUT2D eigenvalue weighted by molar-refractivity contribution is 8.00. The molecule has 0 saturated heterocycles. The molecule has 0 spiro atoms. The number of hydrogen-bond acceptors (Lipinski definition) is 8. The van der Waals surface area contributed by atoms with Gasteiger partial charge >= 0.3 is 5.69 Å². The summed E-state index contributed by atoms with van der Waals surface area (Å²) in [6.07, 6.45) is 5.60. The number of ketones is 1. The molecule has 27 heavy (non-hydrogen) atoms. The molecule has 1 fully saturated rings. The predicted octanol–water partition coefficient (Wildman–Crippen LogP) is 1.46. The highest BCUT2D eigenvalue weighted by Crippen LogP contribution is 2.34. The standard InChI is InChI=1S/C17H23N5O4S/c1-9(12(23)11-13(18)21(2)17(25)22(3)15(11)24)27-16-20-19-14(26-16)10-7-5-4-6-8-10/h9-10H,4-8,18H2,1-3H3. The van der Waals surface area contributed by atoms with Gasteiger partial charge in [0.15, 0.2) is 5.78 Å². The highest BCUT2D eigenvalue weighted by Gasteiger charge is 2.28. The Labute approximate surface area is 160 Å². The van der Waals surface area contributed by atoms with E-state index in [1.807, 2.05) is 0 Å². The van der Waals surface area contributed by atoms with Crippen LogP contribution in [-0.4, -0.2) is 30.4 Å². The van der Waals surface area contributed by atoms with Crippen molar-refractivity contribution in [1.29, 1.82) is 0 Å². The number of hydrogen-bond donors (Lipinski definition) is 1. The van der Waals surface area contributed by atoms with E-state index in [0.717, 1.165) is 46.6 Å². The topological polar surface area (TPSA) is 126 Å². The number of aromatic nitrogens is 4. The largest absolute Gasteiger partial charge is 0.416 e. The Morgan fingerprint density at radius 1 is 1.19 bits per heavy atom. The lowest BCUT2D eigenvalue weighted by atomic mass is 9.89. The Morgan fingerprint density at radius 3 is 2.52 bits per heavy atom. The molecule has 9 nitrogen and oxygen atoms in total. The first-order chi connectivity index (χ1) is 12.8. The maximum atomic E-state index is 12.8. The maximum Gasteiger partial charge on any atom is 0.332 e. The van der Waals surface area contributed by atoms with Gasteiger partial charge < -0.3 is 10.2 Å². The number of anilines is 1. The van der Waals surface area contributed by atoms with Gasteiger partial charge in [0.1, 0.15) is 11.4 Å². The summed E-state index contributed by atoms with van der Waals surface area (Å²) in [7, 11) is 2.73. The van der Waals surface area contributed by atoms with E-state index in [2.05, 4.69) is 10.2 Å². The molecule has 1 saturated carbocycles. The number of nitrogens with two attached hydrogens (primary N) is 1. The summed E-state index contributed by atoms with van der Waals surface area (Å²) in [4.78, 5) is 37.1. The summed E-state index contributed by atoms with van der Waals surface area (Å²) >= 11 is 1.08. The van der Waals surface area contributed by atoms with E-state index in [4.69, 9.17) is 10.2 Å². The number of rotatable bonds is 5. The van der Waals surface area contributed by atoms with E-state index in [1.165, 1.54) is 20.5 Å². The van der Waals surface area contributed by atoms with Gasteiger partial charge in [-0.2, -0.15) is 0 Å². The third-order valence-electron chi connectivity index (χ3n) is 4.98. The van der Waals surface area contributed by atoms with Crippen LogP contribution in [0.25, 0.3) is 0 Å². The van der Waals surface area contributed by atoms with Crippen molar-refractivity contribution in [1.82, 2.24) is 19.3 Å². The van der Waals surface area contributed by atoms with E-state index in [-0.39, 0.29) is 22.5 Å². The third kappa shape index (κ3) is 3.71. The van der Waals surface area contributed by atoms with E-state index in [0.29, 0.717) is 5.89 Å². The number of thioether (sulfide) groups is 1. The average Bonchev–Trinajstić information content (AvgIpc) is 3.14. The Bertz CT molecular complexity index is 971. The van der Waals surface area contributed by atoms with Gasteiger partial charge in [-0.1, -0.05) is 31.0 Å². The molecule has 1 aliphatic rings. The van der Waals surface area contributed by atoms with E-state index in [1.54, 1.807) is 6.92 Å². The van der Waals surface area contributed by atoms with Crippen LogP contribution in [0.15, 0.2) is 19.2 Å². The predicted molar refractivity (Wildman–Crippen MR) is 101 cm³/mol. The minimum atomic E-state index is -0.707. The second-order valence-corrected chi connectivity index (χ2v) is 8.12. The number of nitrogen functional groups attached to an aromatic ring is 1. The summed E-state index contributed by atoms with van der Waals surface area (Å²) in [6, 6.07) is 0. The van der Waals surface area contributed by atoms with Crippen LogP contribution in [0.4, 0.5) is 5.82 Å². The Balaban J connectivity index is 1.80. The van der Waals surface area contributed by atoms with Crippen LogP contribution in [0.3, 0.4) is 0 Å². The molecule has 0 aromatic carbocycles. The van der Waals surface area contributed by atoms with Gasteiger partial charge in [0, 0.05) is 20.0 Å². The zero-order valence-corrected chi connectivity index (χ0v) is 16.4. The average molecular weight is 393 g/mol. The van der Waals surface area contributed by atoms with Crippen molar-refractivity contribution < 1.29 is 9.21 Å². The molecule has 146 valence electrons. The quantitative estimate of drug-likeness (QED) is 0.598. The molecular weight excluding hydrogens is 370 g/mol. The lowest BCUT2D eigenvalue weighted by Gasteiger charge is -2.17. The normalized spacial score (nSPS) is 16.4. The molecule has 0 bridgehead atoms. The minimum Gasteiger partial charge on any atom is -0.416 e. The van der Waals surface area contributed by atoms with Crippen molar-refractivity contribution in [3.05, 3.63) is 32.3 Å². The zero-order valence-electron chi connectivity index (χ0n) is 15.6. The second kappa shape index (κ2) is 7.71. The van der Waals surface area contributed by atoms with E-state index >= 15 is 0 Å². The molecule has 0 amide bonds. The minimum absolute atomic E-state index is 0.144. The molecule has 0 radical (unpaired) electrons. The van der Waals surface area contributed by atoms with Crippen LogP contribution in [0.1, 0.15) is 61.2 Å². The number of Topliss-reactive ketones (excluding diaryl/α,β-unsaturated/α-hetero) is 1. The summed E-state index contributed by atoms with van der Waals surface area (Å²) in [5.74, 6) is 0.257. The van der Waals surface area contributed by atoms with Crippen LogP contribution in [-0.2, 0) is 14.1 Å². The molecule has 2 heterocycles. The molecule has 2 aromatic heterocycles. The number of nitrogens with zero attached hydrogens (tertiary/aromatic N) is 4. The highest BCUT2D eigenvalue weighted by atomic mass is 32.2. The molecular formula is C17H23N5O4S. The van der Waals surface area contributed by atoms with Crippen LogP contribution in [0.2, 0.25) is 0 Å². The van der Waals surface area contributed by atoms with Crippen molar-refractivity contribution in [3.63, 3.8) is 0 Å². The fourth-order valence-electron chi connectivity index (χ4n) is 3.28. The second-order valence-electron chi connectivity index (χ2n) is 6.83. The van der Waals surface area contributed by atoms with Crippen molar-refractivity contribution in [2.75, 3.05) is 5.73 Å². The molecule has 10 heteroatoms. The van der Waals surface area contributed by atoms with Crippen molar-refractivity contribution >= 4 is 23.4 Å². The van der Waals surface area contributed by atoms with Crippen LogP contribution >= 0.6 is 11.8 Å². The van der Waals surface area contributed by atoms with Crippen molar-refractivity contribution in [2.45, 2.75) is 55.4 Å². The molecule has 0 aliphatic heterocycles. The van der Waals surface area contributed by atoms with E-state index in [9.17, 15) is 14.4 Å². The fourth-order valence-corrected chi connectivity index (χ4v) is 4.03. The number of carbonyl (C=O) groups excluding carboxylic acids is 1. The van der Waals surface area contributed by atoms with Gasteiger partial charge in [-0.05, 0) is 19.8 Å². The van der Waals surface area contributed by atoms with Gasteiger partial charge in [0.05, 0.1) is 5.25 Å². The Morgan fingerprint density at radius 2 is 1.85 bits per heavy atom. The van der Waals surface area contributed by atoms with Crippen LogP contribution in [0, 0.1) is 0 Å². The smallest absolute Gasteiger partial charge is 0.332 e. The SMILES string of the molecule is CC(Sc1nnc(C2CCCCC2)o1)C(=O)c1c(N)n(C)c(=O)n(C)c1=O. The van der Waals surface area contributed by atoms with E-state index < -0.39 is 22.3 Å². The fraction of sp³-hybridized carbons (Fsp3) is 0.588. The van der Waals surface area contributed by atoms with Crippen LogP contribution < -0.4 is 17.0 Å². The summed E-state index contributed by atoms with van der Waals surface area (Å²) < 4.78 is 7.68. The Kier molecular flexibility index (Phi) is 5.54. The summed E-state index contributed by atoms with van der Waals surface area (Å²) in [6.45, 7) is 1.64. The lowest BCUT2D eigenvalue weighted by molar-refractivity contribution is 0.0991. The molecule has 3 rings (SSSR count). The molecule has 2 N–H and O–H groups in total. The molecule has 1 aliphatic carbocycles. The third-order valence-corrected chi connectivity index (χ3v) is 5.91. The molecule has 2 aromatic rings. The van der Waals surface area contributed by atoms with Gasteiger partial charge in [-0.15, -0.1) is 10.2 Å². The first-order valence-corrected chi connectivity index (χ1v) is 9.79.